The molecule has 0 saturated heterocycles. The van der Waals surface area contributed by atoms with E-state index in [0.717, 1.165) is 23.7 Å². The zero-order valence-corrected chi connectivity index (χ0v) is 12.0. The summed E-state index contributed by atoms with van der Waals surface area (Å²) in [5, 5.41) is 10.0. The van der Waals surface area contributed by atoms with Gasteiger partial charge in [0.15, 0.2) is 0 Å². The number of hydrogen-bond donors (Lipinski definition) is 1. The van der Waals surface area contributed by atoms with Crippen molar-refractivity contribution in [1.82, 2.24) is 20.1 Å². The van der Waals surface area contributed by atoms with Crippen LogP contribution in [0.25, 0.3) is 0 Å². The highest BCUT2D eigenvalue weighted by atomic mass is 32.1. The Kier molecular flexibility index (Phi) is 4.68. The lowest BCUT2D eigenvalue weighted by Crippen LogP contribution is -2.34. The number of rotatable bonds is 6. The van der Waals surface area contributed by atoms with Crippen LogP contribution in [0.3, 0.4) is 0 Å². The molecule has 0 aromatic carbocycles. The molecule has 0 aliphatic carbocycles. The molecule has 2 aromatic heterocycles. The van der Waals surface area contributed by atoms with Crippen LogP contribution in [-0.2, 0) is 17.8 Å². The third-order valence-electron chi connectivity index (χ3n) is 2.77. The Morgan fingerprint density at radius 3 is 3.05 bits per heavy atom. The van der Waals surface area contributed by atoms with Gasteiger partial charge in [-0.2, -0.15) is 5.10 Å². The Balaban J connectivity index is 1.72. The quantitative estimate of drug-likeness (QED) is 0.876. The van der Waals surface area contributed by atoms with Crippen LogP contribution in [0.5, 0.6) is 0 Å². The fourth-order valence-corrected chi connectivity index (χ4v) is 2.42. The minimum Gasteiger partial charge on any atom is -0.353 e. The van der Waals surface area contributed by atoms with Crippen molar-refractivity contribution in [2.45, 2.75) is 39.3 Å². The third-order valence-corrected chi connectivity index (χ3v) is 3.59. The molecule has 2 rings (SSSR count). The second kappa shape index (κ2) is 6.47. The lowest BCUT2D eigenvalue weighted by atomic mass is 10.2. The van der Waals surface area contributed by atoms with Gasteiger partial charge < -0.3 is 5.32 Å². The van der Waals surface area contributed by atoms with Gasteiger partial charge in [-0.3, -0.25) is 9.48 Å². The Hall–Kier alpha value is -1.69. The number of nitrogens with zero attached hydrogens (tertiary/aromatic N) is 3. The van der Waals surface area contributed by atoms with Crippen molar-refractivity contribution in [3.63, 3.8) is 0 Å². The molecule has 0 radical (unpaired) electrons. The molecule has 0 fully saturated rings. The Morgan fingerprint density at radius 1 is 1.58 bits per heavy atom. The van der Waals surface area contributed by atoms with E-state index < -0.39 is 0 Å². The molecule has 1 amide bonds. The van der Waals surface area contributed by atoms with Crippen LogP contribution >= 0.6 is 11.3 Å². The summed E-state index contributed by atoms with van der Waals surface area (Å²) < 4.78 is 1.87. The highest BCUT2D eigenvalue weighted by Crippen LogP contribution is 2.08. The number of carbonyl (C=O) groups excluding carboxylic acids is 1. The molecule has 5 nitrogen and oxygen atoms in total. The maximum absolute atomic E-state index is 11.8. The molecule has 0 spiro atoms. The van der Waals surface area contributed by atoms with E-state index in [-0.39, 0.29) is 11.9 Å². The fraction of sp³-hybridized carbons (Fsp3) is 0.462. The average Bonchev–Trinajstić information content (AvgIpc) is 2.98. The van der Waals surface area contributed by atoms with Crippen LogP contribution in [0.1, 0.15) is 24.0 Å². The zero-order valence-electron chi connectivity index (χ0n) is 11.2. The number of hydrogen-bond acceptors (Lipinski definition) is 4. The van der Waals surface area contributed by atoms with Crippen LogP contribution in [0.2, 0.25) is 0 Å². The standard InChI is InChI=1S/C13H18N4OS/c1-10(4-7-17-6-3-5-14-17)15-13(18)8-12-9-19-11(2)16-12/h3,5-6,9-10H,4,7-8H2,1-2H3,(H,15,18). The summed E-state index contributed by atoms with van der Waals surface area (Å²) in [6.07, 6.45) is 4.90. The second-order valence-electron chi connectivity index (χ2n) is 4.56. The van der Waals surface area contributed by atoms with Crippen molar-refractivity contribution in [3.8, 4) is 0 Å². The molecule has 0 saturated carbocycles. The van der Waals surface area contributed by atoms with Crippen molar-refractivity contribution in [2.75, 3.05) is 0 Å². The Labute approximate surface area is 116 Å². The molecule has 6 heteroatoms. The van der Waals surface area contributed by atoms with E-state index in [1.54, 1.807) is 17.5 Å². The molecule has 0 bridgehead atoms. The molecule has 1 unspecified atom stereocenters. The van der Waals surface area contributed by atoms with Crippen molar-refractivity contribution >= 4 is 17.2 Å². The monoisotopic (exact) mass is 278 g/mol. The highest BCUT2D eigenvalue weighted by Gasteiger charge is 2.10. The van der Waals surface area contributed by atoms with E-state index in [1.807, 2.05) is 36.2 Å². The van der Waals surface area contributed by atoms with Gasteiger partial charge in [-0.15, -0.1) is 11.3 Å². The van der Waals surface area contributed by atoms with E-state index in [4.69, 9.17) is 0 Å². The summed E-state index contributed by atoms with van der Waals surface area (Å²) in [5.74, 6) is 0.0262. The van der Waals surface area contributed by atoms with Gasteiger partial charge in [-0.1, -0.05) is 0 Å². The van der Waals surface area contributed by atoms with Crippen molar-refractivity contribution in [2.24, 2.45) is 0 Å². The normalized spacial score (nSPS) is 12.3. The topological polar surface area (TPSA) is 59.8 Å². The minimum absolute atomic E-state index is 0.0262. The van der Waals surface area contributed by atoms with E-state index in [9.17, 15) is 4.79 Å². The summed E-state index contributed by atoms with van der Waals surface area (Å²) in [7, 11) is 0. The van der Waals surface area contributed by atoms with Crippen LogP contribution in [0.4, 0.5) is 0 Å². The van der Waals surface area contributed by atoms with Crippen LogP contribution < -0.4 is 5.32 Å². The van der Waals surface area contributed by atoms with Gasteiger partial charge in [0.25, 0.3) is 0 Å². The molecule has 0 aliphatic rings. The lowest BCUT2D eigenvalue weighted by Gasteiger charge is -2.13. The average molecular weight is 278 g/mol. The number of amides is 1. The van der Waals surface area contributed by atoms with Crippen LogP contribution in [-0.4, -0.2) is 26.7 Å². The number of thiazole rings is 1. The predicted molar refractivity (Wildman–Crippen MR) is 75.0 cm³/mol. The van der Waals surface area contributed by atoms with Gasteiger partial charge in [0, 0.05) is 30.4 Å². The molecule has 19 heavy (non-hydrogen) atoms. The number of aromatic nitrogens is 3. The fourth-order valence-electron chi connectivity index (χ4n) is 1.81. The lowest BCUT2D eigenvalue weighted by molar-refractivity contribution is -0.121. The second-order valence-corrected chi connectivity index (χ2v) is 5.62. The molecular weight excluding hydrogens is 260 g/mol. The van der Waals surface area contributed by atoms with E-state index in [0.29, 0.717) is 6.42 Å². The van der Waals surface area contributed by atoms with Crippen molar-refractivity contribution < 1.29 is 4.79 Å². The summed E-state index contributed by atoms with van der Waals surface area (Å²) >= 11 is 1.57. The van der Waals surface area contributed by atoms with Gasteiger partial charge in [0.05, 0.1) is 17.1 Å². The van der Waals surface area contributed by atoms with Gasteiger partial charge in [-0.25, -0.2) is 4.98 Å². The largest absolute Gasteiger partial charge is 0.353 e. The molecule has 2 aromatic rings. The molecule has 2 heterocycles. The van der Waals surface area contributed by atoms with E-state index in [2.05, 4.69) is 15.4 Å². The Bertz CT molecular complexity index is 520. The maximum atomic E-state index is 11.8. The van der Waals surface area contributed by atoms with Crippen LogP contribution in [0.15, 0.2) is 23.8 Å². The molecule has 102 valence electrons. The van der Waals surface area contributed by atoms with Gasteiger partial charge >= 0.3 is 0 Å². The van der Waals surface area contributed by atoms with E-state index in [1.165, 1.54) is 0 Å². The first-order valence-electron chi connectivity index (χ1n) is 6.31. The van der Waals surface area contributed by atoms with Crippen molar-refractivity contribution in [3.05, 3.63) is 34.5 Å². The zero-order chi connectivity index (χ0) is 13.7. The predicted octanol–water partition coefficient (Wildman–Crippen LogP) is 1.79. The molecular formula is C13H18N4OS. The van der Waals surface area contributed by atoms with Gasteiger partial charge in [0.1, 0.15) is 0 Å². The molecule has 1 atom stereocenters. The third kappa shape index (κ3) is 4.48. The number of aryl methyl sites for hydroxylation is 2. The smallest absolute Gasteiger partial charge is 0.226 e. The highest BCUT2D eigenvalue weighted by molar-refractivity contribution is 7.09. The number of carbonyl (C=O) groups is 1. The SMILES string of the molecule is Cc1nc(CC(=O)NC(C)CCn2cccn2)cs1. The summed E-state index contributed by atoms with van der Waals surface area (Å²) in [6, 6.07) is 2.03. The van der Waals surface area contributed by atoms with Crippen LogP contribution in [0, 0.1) is 6.92 Å². The minimum atomic E-state index is 0.0262. The van der Waals surface area contributed by atoms with Gasteiger partial charge in [-0.05, 0) is 26.3 Å². The van der Waals surface area contributed by atoms with E-state index >= 15 is 0 Å². The van der Waals surface area contributed by atoms with Crippen molar-refractivity contribution in [1.29, 1.82) is 0 Å². The first-order valence-corrected chi connectivity index (χ1v) is 7.19. The Morgan fingerprint density at radius 2 is 2.42 bits per heavy atom. The number of nitrogens with one attached hydrogen (secondary N) is 1. The van der Waals surface area contributed by atoms with Gasteiger partial charge in [0.2, 0.25) is 5.91 Å². The summed E-state index contributed by atoms with van der Waals surface area (Å²) in [6.45, 7) is 4.76. The first-order chi connectivity index (χ1) is 9.13. The molecule has 1 N–H and O–H groups in total. The molecule has 0 aliphatic heterocycles. The summed E-state index contributed by atoms with van der Waals surface area (Å²) in [4.78, 5) is 16.1. The first kappa shape index (κ1) is 13.7. The maximum Gasteiger partial charge on any atom is 0.226 e. The summed E-state index contributed by atoms with van der Waals surface area (Å²) in [5.41, 5.74) is 0.847.